The molecule has 0 radical (unpaired) electrons. The summed E-state index contributed by atoms with van der Waals surface area (Å²) in [4.78, 5) is 44.0. The van der Waals surface area contributed by atoms with Gasteiger partial charge >= 0.3 is 6.03 Å². The Bertz CT molecular complexity index is 1730. The van der Waals surface area contributed by atoms with Crippen molar-refractivity contribution < 1.29 is 19.1 Å². The second-order valence-electron chi connectivity index (χ2n) is 11.6. The van der Waals surface area contributed by atoms with Crippen LogP contribution in [0.5, 0.6) is 0 Å². The molecule has 0 aliphatic carbocycles. The fraction of sp³-hybridized carbons (Fsp3) is 0.371. The largest absolute Gasteiger partial charge is 0.376 e. The van der Waals surface area contributed by atoms with Crippen LogP contribution in [0.15, 0.2) is 71.8 Å². The Morgan fingerprint density at radius 3 is 2.35 bits per heavy atom. The number of amides is 3. The highest BCUT2D eigenvalue weighted by Crippen LogP contribution is 2.28. The summed E-state index contributed by atoms with van der Waals surface area (Å²) in [5.41, 5.74) is 3.91. The minimum atomic E-state index is -0.406. The third-order valence-corrected chi connectivity index (χ3v) is 8.50. The van der Waals surface area contributed by atoms with Crippen molar-refractivity contribution in [1.29, 1.82) is 0 Å². The van der Waals surface area contributed by atoms with Crippen LogP contribution in [0.4, 0.5) is 16.3 Å². The number of hydrogen-bond acceptors (Lipinski definition) is 7. The van der Waals surface area contributed by atoms with Crippen molar-refractivity contribution in [2.24, 2.45) is 0 Å². The Kier molecular flexibility index (Phi) is 9.90. The highest BCUT2D eigenvalue weighted by molar-refractivity contribution is 6.03. The van der Waals surface area contributed by atoms with Crippen molar-refractivity contribution in [3.63, 3.8) is 0 Å². The van der Waals surface area contributed by atoms with E-state index in [4.69, 9.17) is 9.47 Å². The van der Waals surface area contributed by atoms with Crippen LogP contribution >= 0.6 is 0 Å². The van der Waals surface area contributed by atoms with Crippen molar-refractivity contribution in [1.82, 2.24) is 20.2 Å². The SMILES string of the molecule is CCn1c(NCC2CCCO2)c(C(=O)NCC2CCCO2)c(=O)c2ccc(-c3ccc(NC(=O)NCc4cccnc4)cc3)cc21. The second kappa shape index (κ2) is 14.6. The van der Waals surface area contributed by atoms with E-state index in [1.807, 2.05) is 60.0 Å². The molecule has 2 aliphatic heterocycles. The number of aryl methyl sites for hydroxylation is 1. The Labute approximate surface area is 267 Å². The predicted octanol–water partition coefficient (Wildman–Crippen LogP) is 4.90. The minimum Gasteiger partial charge on any atom is -0.376 e. The van der Waals surface area contributed by atoms with Crippen LogP contribution < -0.4 is 26.7 Å². The van der Waals surface area contributed by atoms with Crippen molar-refractivity contribution in [2.75, 3.05) is 36.9 Å². The summed E-state index contributed by atoms with van der Waals surface area (Å²) in [6, 6.07) is 16.6. The molecule has 0 spiro atoms. The van der Waals surface area contributed by atoms with Crippen molar-refractivity contribution >= 4 is 34.3 Å². The number of hydrogen-bond donors (Lipinski definition) is 4. The number of rotatable bonds is 11. The molecule has 4 aromatic rings. The van der Waals surface area contributed by atoms with Crippen LogP contribution in [-0.2, 0) is 22.6 Å². The Morgan fingerprint density at radius 1 is 0.935 bits per heavy atom. The quantitative estimate of drug-likeness (QED) is 0.186. The molecule has 46 heavy (non-hydrogen) atoms. The van der Waals surface area contributed by atoms with E-state index in [9.17, 15) is 14.4 Å². The lowest BCUT2D eigenvalue weighted by molar-refractivity contribution is 0.0857. The van der Waals surface area contributed by atoms with E-state index >= 15 is 0 Å². The first kappa shape index (κ1) is 31.3. The molecule has 2 aliphatic rings. The molecule has 2 unspecified atom stereocenters. The average molecular weight is 625 g/mol. The number of nitrogens with zero attached hydrogens (tertiary/aromatic N) is 2. The minimum absolute atomic E-state index is 0.0230. The zero-order valence-electron chi connectivity index (χ0n) is 26.0. The standard InChI is InChI=1S/C35H40N6O5/c1-2-41-30-18-25(24-9-12-26(13-10-24)40-35(44)39-20-23-6-3-15-36-19-23)11-14-29(30)32(42)31(33(41)37-21-27-7-4-16-45-27)34(43)38-22-28-8-5-17-46-28/h3,6,9-15,18-19,27-28,37H,2,4-5,7-8,16-17,20-22H2,1H3,(H,38,43)(H2,39,40,44). The fourth-order valence-corrected chi connectivity index (χ4v) is 6.07. The van der Waals surface area contributed by atoms with Gasteiger partial charge in [0, 0.05) is 62.9 Å². The highest BCUT2D eigenvalue weighted by Gasteiger charge is 2.25. The van der Waals surface area contributed by atoms with Crippen LogP contribution in [-0.4, -0.2) is 60.0 Å². The molecule has 4 N–H and O–H groups in total. The Balaban J connectivity index is 1.26. The number of anilines is 2. The lowest BCUT2D eigenvalue weighted by Crippen LogP contribution is -2.37. The molecule has 240 valence electrons. The lowest BCUT2D eigenvalue weighted by atomic mass is 10.0. The maximum absolute atomic E-state index is 14.0. The molecule has 2 atom stereocenters. The van der Waals surface area contributed by atoms with Gasteiger partial charge in [0.1, 0.15) is 11.4 Å². The molecule has 2 saturated heterocycles. The average Bonchev–Trinajstić information content (AvgIpc) is 3.81. The van der Waals surface area contributed by atoms with Crippen LogP contribution in [0.2, 0.25) is 0 Å². The summed E-state index contributed by atoms with van der Waals surface area (Å²) in [6.07, 6.45) is 7.17. The summed E-state index contributed by atoms with van der Waals surface area (Å²) >= 11 is 0. The van der Waals surface area contributed by atoms with E-state index in [1.165, 1.54) is 0 Å². The van der Waals surface area contributed by atoms with Gasteiger partial charge in [-0.15, -0.1) is 0 Å². The normalized spacial score (nSPS) is 17.6. The van der Waals surface area contributed by atoms with Gasteiger partial charge in [0.2, 0.25) is 5.43 Å². The molecule has 0 bridgehead atoms. The molecule has 0 saturated carbocycles. The number of ether oxygens (including phenoxy) is 2. The topological polar surface area (TPSA) is 136 Å². The first-order valence-corrected chi connectivity index (χ1v) is 16.0. The lowest BCUT2D eigenvalue weighted by Gasteiger charge is -2.22. The number of carbonyl (C=O) groups is 2. The summed E-state index contributed by atoms with van der Waals surface area (Å²) in [5.74, 6) is 0.0883. The van der Waals surface area contributed by atoms with Crippen LogP contribution in [0.3, 0.4) is 0 Å². The van der Waals surface area contributed by atoms with Crippen molar-refractivity contribution in [3.8, 4) is 11.1 Å². The molecule has 2 aromatic carbocycles. The number of aromatic nitrogens is 2. The van der Waals surface area contributed by atoms with E-state index in [0.717, 1.165) is 47.9 Å². The Hall–Kier alpha value is -4.74. The number of urea groups is 1. The van der Waals surface area contributed by atoms with Gasteiger partial charge in [-0.25, -0.2) is 4.79 Å². The van der Waals surface area contributed by atoms with Gasteiger partial charge < -0.3 is 35.3 Å². The van der Waals surface area contributed by atoms with Crippen LogP contribution in [0, 0.1) is 0 Å². The van der Waals surface area contributed by atoms with Gasteiger partial charge in [0.15, 0.2) is 0 Å². The number of pyridine rings is 2. The first-order chi connectivity index (χ1) is 22.5. The maximum Gasteiger partial charge on any atom is 0.319 e. The number of nitrogens with one attached hydrogen (secondary N) is 4. The summed E-state index contributed by atoms with van der Waals surface area (Å²) in [6.45, 7) is 5.18. The summed E-state index contributed by atoms with van der Waals surface area (Å²) in [7, 11) is 0. The molecule has 6 rings (SSSR count). The molecule has 4 heterocycles. The maximum atomic E-state index is 14.0. The third kappa shape index (κ3) is 7.21. The predicted molar refractivity (Wildman–Crippen MR) is 178 cm³/mol. The van der Waals surface area contributed by atoms with Gasteiger partial charge in [-0.05, 0) is 79.6 Å². The van der Waals surface area contributed by atoms with Crippen LogP contribution in [0.25, 0.3) is 22.0 Å². The number of carbonyl (C=O) groups excluding carboxylic acids is 2. The van der Waals surface area contributed by atoms with E-state index in [0.29, 0.717) is 56.3 Å². The van der Waals surface area contributed by atoms with E-state index in [2.05, 4.69) is 26.3 Å². The van der Waals surface area contributed by atoms with Gasteiger partial charge in [-0.3, -0.25) is 14.6 Å². The number of benzene rings is 2. The van der Waals surface area contributed by atoms with E-state index in [1.54, 1.807) is 18.5 Å². The van der Waals surface area contributed by atoms with Gasteiger partial charge in [-0.1, -0.05) is 24.3 Å². The molecule has 3 amide bonds. The van der Waals surface area contributed by atoms with Crippen molar-refractivity contribution in [2.45, 2.75) is 57.9 Å². The summed E-state index contributed by atoms with van der Waals surface area (Å²) < 4.78 is 13.5. The first-order valence-electron chi connectivity index (χ1n) is 16.0. The second-order valence-corrected chi connectivity index (χ2v) is 11.6. The van der Waals surface area contributed by atoms with Gasteiger partial charge in [-0.2, -0.15) is 0 Å². The van der Waals surface area contributed by atoms with Crippen LogP contribution in [0.1, 0.15) is 48.5 Å². The van der Waals surface area contributed by atoms with Gasteiger partial charge in [0.05, 0.1) is 17.7 Å². The molecular weight excluding hydrogens is 584 g/mol. The Morgan fingerprint density at radius 2 is 1.67 bits per heavy atom. The number of fused-ring (bicyclic) bond motifs is 1. The van der Waals surface area contributed by atoms with Gasteiger partial charge in [0.25, 0.3) is 5.91 Å². The molecule has 11 heteroatoms. The monoisotopic (exact) mass is 624 g/mol. The smallest absolute Gasteiger partial charge is 0.319 e. The van der Waals surface area contributed by atoms with E-state index < -0.39 is 5.91 Å². The molecule has 2 fully saturated rings. The molecular formula is C35H40N6O5. The molecule has 2 aromatic heterocycles. The van der Waals surface area contributed by atoms with E-state index in [-0.39, 0.29) is 29.2 Å². The van der Waals surface area contributed by atoms with Crippen molar-refractivity contribution in [3.05, 3.63) is 88.3 Å². The molecule has 11 nitrogen and oxygen atoms in total. The zero-order chi connectivity index (χ0) is 31.9. The third-order valence-electron chi connectivity index (χ3n) is 8.50. The summed E-state index contributed by atoms with van der Waals surface area (Å²) in [5, 5.41) is 12.5. The fourth-order valence-electron chi connectivity index (χ4n) is 6.07. The highest BCUT2D eigenvalue weighted by atomic mass is 16.5. The zero-order valence-corrected chi connectivity index (χ0v) is 26.0.